The molecule has 0 aromatic heterocycles. The van der Waals surface area contributed by atoms with Crippen LogP contribution >= 0.6 is 0 Å². The van der Waals surface area contributed by atoms with Crippen LogP contribution in [0.15, 0.2) is 24.3 Å². The lowest BCUT2D eigenvalue weighted by molar-refractivity contribution is -0.134. The maximum atomic E-state index is 13.7. The zero-order valence-corrected chi connectivity index (χ0v) is 20.2. The number of carboxylic acid groups (broad SMARTS) is 2. The molecule has 38 heavy (non-hydrogen) atoms. The molecule has 0 bridgehead atoms. The summed E-state index contributed by atoms with van der Waals surface area (Å²) in [7, 11) is -5.48. The van der Waals surface area contributed by atoms with Crippen molar-refractivity contribution >= 4 is 27.9 Å². The first-order valence-electron chi connectivity index (χ1n) is 10.8. The van der Waals surface area contributed by atoms with Crippen LogP contribution in [0.4, 0.5) is 26.3 Å². The van der Waals surface area contributed by atoms with E-state index in [0.717, 1.165) is 0 Å². The number of amides is 1. The number of carbonyl (C=O) groups is 3. The molecule has 10 nitrogen and oxygen atoms in total. The topological polar surface area (TPSA) is 158 Å². The Hall–Kier alpha value is -3.18. The Kier molecular flexibility index (Phi) is 9.90. The number of benzene rings is 1. The van der Waals surface area contributed by atoms with E-state index in [4.69, 9.17) is 15.9 Å². The second kappa shape index (κ2) is 12.1. The Morgan fingerprint density at radius 2 is 1.58 bits per heavy atom. The molecule has 3 atom stereocenters. The van der Waals surface area contributed by atoms with Gasteiger partial charge in [0, 0.05) is 56.4 Å². The number of alkyl halides is 3. The summed E-state index contributed by atoms with van der Waals surface area (Å²) >= 11 is 0. The van der Waals surface area contributed by atoms with Crippen LogP contribution in [0.25, 0.3) is 0 Å². The van der Waals surface area contributed by atoms with Crippen molar-refractivity contribution in [3.8, 4) is 0 Å². The standard InChI is InChI=1S/C17H19F6N3O3S.C4H4O4/c18-12-6-14(20)13(19)4-10(12)3-11(24)5-16(27)26-2-1-9-7-25(8-15(9)26)30(28,29)17(21,22)23;5-3(6)1-2-4(7)8/h4,6,9,11,15H,1-3,5,7-8,24H2;1-2H,(H,5,6)(H,7,8)/t9-,11?,15+;/m0./s1. The summed E-state index contributed by atoms with van der Waals surface area (Å²) < 4.78 is 102. The Bertz CT molecular complexity index is 1190. The zero-order chi connectivity index (χ0) is 29.0. The van der Waals surface area contributed by atoms with Gasteiger partial charge in [0.25, 0.3) is 0 Å². The zero-order valence-electron chi connectivity index (χ0n) is 19.4. The maximum Gasteiger partial charge on any atom is 0.511 e. The first-order chi connectivity index (χ1) is 17.4. The number of halogens is 6. The van der Waals surface area contributed by atoms with Crippen LogP contribution < -0.4 is 5.73 Å². The first kappa shape index (κ1) is 31.0. The van der Waals surface area contributed by atoms with E-state index in [1.54, 1.807) is 0 Å². The van der Waals surface area contributed by atoms with Gasteiger partial charge in [-0.05, 0) is 30.4 Å². The molecule has 2 aliphatic heterocycles. The molecule has 0 saturated carbocycles. The summed E-state index contributed by atoms with van der Waals surface area (Å²) in [6.07, 6.45) is 0.886. The predicted octanol–water partition coefficient (Wildman–Crippen LogP) is 1.46. The molecule has 1 amide bonds. The quantitative estimate of drug-likeness (QED) is 0.251. The number of nitrogens with zero attached hydrogens (tertiary/aromatic N) is 2. The van der Waals surface area contributed by atoms with Gasteiger partial charge in [0.1, 0.15) is 5.82 Å². The van der Waals surface area contributed by atoms with Crippen LogP contribution in [-0.2, 0) is 30.8 Å². The summed E-state index contributed by atoms with van der Waals surface area (Å²) in [6.45, 7) is -0.561. The molecule has 2 aliphatic rings. The number of hydrogen-bond acceptors (Lipinski definition) is 6. The molecule has 1 aromatic carbocycles. The van der Waals surface area contributed by atoms with E-state index in [9.17, 15) is 49.1 Å². The predicted molar refractivity (Wildman–Crippen MR) is 117 cm³/mol. The molecule has 4 N–H and O–H groups in total. The summed E-state index contributed by atoms with van der Waals surface area (Å²) in [5, 5.41) is 15.6. The Labute approximate surface area is 212 Å². The maximum absolute atomic E-state index is 13.7. The SMILES string of the molecule is NC(CC(=O)N1CC[C@H]2CN(S(=O)(=O)C(F)(F)F)C[C@H]21)Cc1cc(F)c(F)cc1F.O=C(O)C=CC(=O)O. The lowest BCUT2D eigenvalue weighted by Crippen LogP contribution is -2.45. The van der Waals surface area contributed by atoms with Crippen LogP contribution in [0.3, 0.4) is 0 Å². The number of aliphatic carboxylic acids is 2. The number of carbonyl (C=O) groups excluding carboxylic acids is 1. The highest BCUT2D eigenvalue weighted by Crippen LogP contribution is 2.37. The third-order valence-electron chi connectivity index (χ3n) is 5.84. The van der Waals surface area contributed by atoms with Crippen molar-refractivity contribution in [2.45, 2.75) is 36.9 Å². The molecule has 2 heterocycles. The molecule has 17 heteroatoms. The van der Waals surface area contributed by atoms with Crippen LogP contribution in [0.5, 0.6) is 0 Å². The molecular formula is C21H23F6N3O7S. The Balaban J connectivity index is 0.000000550. The van der Waals surface area contributed by atoms with Gasteiger partial charge in [-0.1, -0.05) is 0 Å². The number of nitrogens with two attached hydrogens (primary N) is 1. The molecule has 1 aromatic rings. The highest BCUT2D eigenvalue weighted by Gasteiger charge is 2.55. The van der Waals surface area contributed by atoms with E-state index >= 15 is 0 Å². The van der Waals surface area contributed by atoms with E-state index in [-0.39, 0.29) is 31.5 Å². The van der Waals surface area contributed by atoms with Crippen LogP contribution in [0.1, 0.15) is 18.4 Å². The minimum Gasteiger partial charge on any atom is -0.478 e. The molecule has 0 radical (unpaired) electrons. The van der Waals surface area contributed by atoms with Crippen molar-refractivity contribution in [1.82, 2.24) is 9.21 Å². The van der Waals surface area contributed by atoms with Crippen molar-refractivity contribution in [2.75, 3.05) is 19.6 Å². The molecule has 212 valence electrons. The molecule has 2 fully saturated rings. The third kappa shape index (κ3) is 7.67. The van der Waals surface area contributed by atoms with Gasteiger partial charge < -0.3 is 20.8 Å². The number of fused-ring (bicyclic) bond motifs is 1. The van der Waals surface area contributed by atoms with Crippen molar-refractivity contribution in [1.29, 1.82) is 0 Å². The van der Waals surface area contributed by atoms with Crippen LogP contribution in [-0.4, -0.2) is 82.9 Å². The summed E-state index contributed by atoms with van der Waals surface area (Å²) in [4.78, 5) is 33.0. The second-order valence-corrected chi connectivity index (χ2v) is 10.4. The van der Waals surface area contributed by atoms with E-state index in [0.29, 0.717) is 35.0 Å². The summed E-state index contributed by atoms with van der Waals surface area (Å²) in [5.74, 6) is -7.09. The minimum absolute atomic E-state index is 0.211. The molecule has 2 saturated heterocycles. The van der Waals surface area contributed by atoms with Gasteiger partial charge in [0.15, 0.2) is 11.6 Å². The van der Waals surface area contributed by atoms with E-state index in [1.807, 2.05) is 0 Å². The van der Waals surface area contributed by atoms with Gasteiger partial charge in [-0.2, -0.15) is 17.5 Å². The van der Waals surface area contributed by atoms with Gasteiger partial charge >= 0.3 is 27.5 Å². The fraction of sp³-hybridized carbons (Fsp3) is 0.476. The van der Waals surface area contributed by atoms with Crippen molar-refractivity contribution < 1.29 is 59.4 Å². The van der Waals surface area contributed by atoms with Gasteiger partial charge in [-0.25, -0.2) is 31.2 Å². The van der Waals surface area contributed by atoms with Crippen LogP contribution in [0, 0.1) is 23.4 Å². The van der Waals surface area contributed by atoms with Gasteiger partial charge in [0.2, 0.25) is 5.91 Å². The van der Waals surface area contributed by atoms with E-state index in [1.165, 1.54) is 4.90 Å². The number of rotatable bonds is 7. The number of likely N-dealkylation sites (tertiary alicyclic amines) is 1. The smallest absolute Gasteiger partial charge is 0.478 e. The molecule has 0 aliphatic carbocycles. The first-order valence-corrected chi connectivity index (χ1v) is 12.3. The minimum atomic E-state index is -5.48. The van der Waals surface area contributed by atoms with E-state index < -0.39 is 75.4 Å². The highest BCUT2D eigenvalue weighted by molar-refractivity contribution is 7.90. The molecular weight excluding hydrogens is 552 g/mol. The molecule has 0 spiro atoms. The van der Waals surface area contributed by atoms with Crippen LogP contribution in [0.2, 0.25) is 0 Å². The van der Waals surface area contributed by atoms with Gasteiger partial charge in [0.05, 0.1) is 0 Å². The monoisotopic (exact) mass is 575 g/mol. The summed E-state index contributed by atoms with van der Waals surface area (Å²) in [6, 6.07) is -0.634. The average Bonchev–Trinajstić information content (AvgIpc) is 3.37. The van der Waals surface area contributed by atoms with Gasteiger partial charge in [-0.15, -0.1) is 0 Å². The fourth-order valence-electron chi connectivity index (χ4n) is 4.13. The number of hydrogen-bond donors (Lipinski definition) is 3. The average molecular weight is 575 g/mol. The van der Waals surface area contributed by atoms with Crippen molar-refractivity contribution in [3.63, 3.8) is 0 Å². The molecule has 3 rings (SSSR count). The number of sulfonamides is 1. The van der Waals surface area contributed by atoms with Crippen molar-refractivity contribution in [3.05, 3.63) is 47.3 Å². The summed E-state index contributed by atoms with van der Waals surface area (Å²) in [5.41, 5.74) is 0.206. The lowest BCUT2D eigenvalue weighted by atomic mass is 10.0. The Morgan fingerprint density at radius 1 is 1.03 bits per heavy atom. The number of carboxylic acids is 2. The highest BCUT2D eigenvalue weighted by atomic mass is 32.2. The molecule has 1 unspecified atom stereocenters. The van der Waals surface area contributed by atoms with Gasteiger partial charge in [-0.3, -0.25) is 4.79 Å². The largest absolute Gasteiger partial charge is 0.511 e. The third-order valence-corrected chi connectivity index (χ3v) is 7.41. The lowest BCUT2D eigenvalue weighted by Gasteiger charge is -2.26. The fourth-order valence-corrected chi connectivity index (χ4v) is 5.16. The van der Waals surface area contributed by atoms with Crippen molar-refractivity contribution in [2.24, 2.45) is 11.7 Å². The Morgan fingerprint density at radius 3 is 2.11 bits per heavy atom. The second-order valence-electron chi connectivity index (χ2n) is 8.51. The normalized spacial score (nSPS) is 20.7. The van der Waals surface area contributed by atoms with E-state index in [2.05, 4.69) is 0 Å².